The number of phenolic OH excluding ortho intramolecular Hbond substituents is 2. The molecule has 7 N–H and O–H groups in total. The third kappa shape index (κ3) is 8.15. The van der Waals surface area contributed by atoms with Crippen molar-refractivity contribution in [2.24, 2.45) is 11.8 Å². The molecule has 0 spiro atoms. The first-order valence-corrected chi connectivity index (χ1v) is 20.3. The van der Waals surface area contributed by atoms with Crippen molar-refractivity contribution in [1.29, 1.82) is 0 Å². The van der Waals surface area contributed by atoms with Crippen molar-refractivity contribution in [2.75, 3.05) is 38.5 Å². The van der Waals surface area contributed by atoms with Gasteiger partial charge in [0.1, 0.15) is 17.1 Å². The van der Waals surface area contributed by atoms with Crippen LogP contribution in [-0.2, 0) is 19.3 Å². The molecule has 0 bridgehead atoms. The molecule has 3 aromatic carbocycles. The minimum absolute atomic E-state index is 0.0122. The van der Waals surface area contributed by atoms with E-state index >= 15 is 0 Å². The number of benzene rings is 3. The fourth-order valence-corrected chi connectivity index (χ4v) is 8.69. The van der Waals surface area contributed by atoms with Gasteiger partial charge in [0.05, 0.1) is 16.6 Å². The summed E-state index contributed by atoms with van der Waals surface area (Å²) in [6.07, 6.45) is 8.47. The van der Waals surface area contributed by atoms with Gasteiger partial charge >= 0.3 is 6.01 Å². The number of nitrogen functional groups attached to an aromatic ring is 1. The molecule has 0 atom stereocenters. The summed E-state index contributed by atoms with van der Waals surface area (Å²) in [5.74, 6) is 1.53. The third-order valence-corrected chi connectivity index (χ3v) is 12.0. The molecule has 58 heavy (non-hydrogen) atoms. The van der Waals surface area contributed by atoms with Crippen molar-refractivity contribution < 1.29 is 20.1 Å². The molecule has 3 aromatic heterocycles. The lowest BCUT2D eigenvalue weighted by Gasteiger charge is -2.37. The van der Waals surface area contributed by atoms with E-state index in [-0.39, 0.29) is 40.8 Å². The number of amides is 1. The first-order valence-electron chi connectivity index (χ1n) is 20.3. The van der Waals surface area contributed by atoms with Crippen LogP contribution >= 0.6 is 0 Å². The number of aromatic nitrogens is 6. The SMILES string of the molecule is CC(C)c1cc(-c2nnc(O)n2-c2ccc(CC3CCN(CC4CCN(C(=O)c5ccc(CCc6c[nH]c7nc(N)[nH]c(=O)c67)cc5)CC4)CC3)cc2)c(O)cc1O. The van der Waals surface area contributed by atoms with Gasteiger partial charge in [0.25, 0.3) is 11.5 Å². The van der Waals surface area contributed by atoms with Gasteiger partial charge < -0.3 is 35.8 Å². The van der Waals surface area contributed by atoms with Crippen molar-refractivity contribution in [3.63, 3.8) is 0 Å². The van der Waals surface area contributed by atoms with Gasteiger partial charge in [-0.1, -0.05) is 43.2 Å². The van der Waals surface area contributed by atoms with Gasteiger partial charge in [-0.25, -0.2) is 4.57 Å². The molecule has 5 heterocycles. The van der Waals surface area contributed by atoms with E-state index in [0.717, 1.165) is 82.4 Å². The second-order valence-corrected chi connectivity index (χ2v) is 16.3. The number of likely N-dealkylation sites (tertiary alicyclic amines) is 2. The highest BCUT2D eigenvalue weighted by Crippen LogP contribution is 2.39. The number of nitrogens with zero attached hydrogens (tertiary/aromatic N) is 6. The van der Waals surface area contributed by atoms with Crippen LogP contribution < -0.4 is 11.3 Å². The molecule has 14 nitrogen and oxygen atoms in total. The minimum Gasteiger partial charge on any atom is -0.508 e. The predicted molar refractivity (Wildman–Crippen MR) is 222 cm³/mol. The van der Waals surface area contributed by atoms with Gasteiger partial charge in [-0.2, -0.15) is 4.98 Å². The van der Waals surface area contributed by atoms with Crippen LogP contribution in [0.2, 0.25) is 0 Å². The Bertz CT molecular complexity index is 2450. The summed E-state index contributed by atoms with van der Waals surface area (Å²) >= 11 is 0. The number of H-pyrrole nitrogens is 2. The van der Waals surface area contributed by atoms with Gasteiger partial charge in [-0.3, -0.25) is 14.6 Å². The molecule has 0 unspecified atom stereocenters. The number of rotatable bonds is 11. The number of phenols is 2. The van der Waals surface area contributed by atoms with Crippen LogP contribution in [0.1, 0.15) is 78.1 Å². The van der Waals surface area contributed by atoms with E-state index in [0.29, 0.717) is 57.5 Å². The summed E-state index contributed by atoms with van der Waals surface area (Å²) < 4.78 is 1.51. The van der Waals surface area contributed by atoms with Crippen molar-refractivity contribution in [3.8, 4) is 34.6 Å². The minimum atomic E-state index is -0.280. The number of aromatic hydroxyl groups is 3. The fraction of sp³-hybridized carbons (Fsp3) is 0.386. The van der Waals surface area contributed by atoms with Gasteiger partial charge in [0.2, 0.25) is 5.95 Å². The lowest BCUT2D eigenvalue weighted by molar-refractivity contribution is 0.0651. The number of piperidine rings is 2. The summed E-state index contributed by atoms with van der Waals surface area (Å²) in [4.78, 5) is 40.1. The zero-order valence-electron chi connectivity index (χ0n) is 33.0. The Kier molecular flexibility index (Phi) is 10.9. The number of anilines is 1. The van der Waals surface area contributed by atoms with Gasteiger partial charge in [0.15, 0.2) is 5.82 Å². The molecule has 2 aliphatic rings. The average molecular weight is 786 g/mol. The molecule has 1 amide bonds. The smallest absolute Gasteiger partial charge is 0.319 e. The zero-order valence-corrected chi connectivity index (χ0v) is 33.0. The fourth-order valence-electron chi connectivity index (χ4n) is 8.69. The molecule has 0 aliphatic carbocycles. The first-order chi connectivity index (χ1) is 28.0. The Labute approximate surface area is 336 Å². The molecule has 0 saturated carbocycles. The normalized spacial score (nSPS) is 15.8. The van der Waals surface area contributed by atoms with Crippen molar-refractivity contribution in [2.45, 2.75) is 64.7 Å². The summed E-state index contributed by atoms with van der Waals surface area (Å²) in [6, 6.07) is 18.6. The van der Waals surface area contributed by atoms with E-state index in [1.165, 1.54) is 16.2 Å². The van der Waals surface area contributed by atoms with Crippen LogP contribution in [0.3, 0.4) is 0 Å². The number of nitrogens with two attached hydrogens (primary N) is 1. The zero-order chi connectivity index (χ0) is 40.5. The number of hydrogen-bond acceptors (Lipinski definition) is 10. The Hall–Kier alpha value is -6.15. The van der Waals surface area contributed by atoms with E-state index in [1.54, 1.807) is 6.07 Å². The maximum absolute atomic E-state index is 13.4. The van der Waals surface area contributed by atoms with Crippen LogP contribution in [0, 0.1) is 11.8 Å². The van der Waals surface area contributed by atoms with Crippen LogP contribution in [0.15, 0.2) is 71.7 Å². The molecule has 2 fully saturated rings. The van der Waals surface area contributed by atoms with Crippen LogP contribution in [-0.4, -0.2) is 93.5 Å². The Morgan fingerprint density at radius 2 is 1.55 bits per heavy atom. The third-order valence-electron chi connectivity index (χ3n) is 12.0. The molecule has 0 radical (unpaired) electrons. The summed E-state index contributed by atoms with van der Waals surface area (Å²) in [5, 5.41) is 40.2. The van der Waals surface area contributed by atoms with E-state index in [2.05, 4.69) is 42.2 Å². The number of hydrogen-bond donors (Lipinski definition) is 6. The Morgan fingerprint density at radius 1 is 0.862 bits per heavy atom. The van der Waals surface area contributed by atoms with Crippen molar-refractivity contribution in [1.82, 2.24) is 39.5 Å². The molecular formula is C44H51N9O5. The van der Waals surface area contributed by atoms with Crippen LogP contribution in [0.4, 0.5) is 5.95 Å². The number of aryl methyl sites for hydroxylation is 2. The van der Waals surface area contributed by atoms with E-state index in [9.17, 15) is 24.9 Å². The molecule has 6 aromatic rings. The highest BCUT2D eigenvalue weighted by Gasteiger charge is 2.28. The average Bonchev–Trinajstić information content (AvgIpc) is 3.81. The van der Waals surface area contributed by atoms with Crippen molar-refractivity contribution in [3.05, 3.63) is 105 Å². The topological polar surface area (TPSA) is 203 Å². The quantitative estimate of drug-likeness (QED) is 0.0917. The number of fused-ring (bicyclic) bond motifs is 1. The predicted octanol–water partition coefficient (Wildman–Crippen LogP) is 5.91. The maximum Gasteiger partial charge on any atom is 0.319 e. The summed E-state index contributed by atoms with van der Waals surface area (Å²) in [7, 11) is 0. The van der Waals surface area contributed by atoms with E-state index < -0.39 is 0 Å². The lowest BCUT2D eigenvalue weighted by Crippen LogP contribution is -2.43. The Balaban J connectivity index is 0.783. The maximum atomic E-state index is 13.4. The van der Waals surface area contributed by atoms with Gasteiger partial charge in [-0.05, 0) is 128 Å². The van der Waals surface area contributed by atoms with Gasteiger partial charge in [-0.15, -0.1) is 5.10 Å². The number of aromatic amines is 2. The van der Waals surface area contributed by atoms with Gasteiger partial charge in [0, 0.05) is 37.5 Å². The second-order valence-electron chi connectivity index (χ2n) is 16.3. The lowest BCUT2D eigenvalue weighted by atomic mass is 9.89. The monoisotopic (exact) mass is 785 g/mol. The largest absolute Gasteiger partial charge is 0.508 e. The standard InChI is InChI=1S/C44H51N9O5/c1-26(2)34-22-35(37(55)23-36(34)54)40-49-50-44(58)53(40)33-11-6-28(7-12-33)21-29-13-17-51(18-14-29)25-30-15-19-52(20-16-30)42(57)31-8-3-27(4-9-31)5-10-32-24-46-39-38(32)41(56)48-43(45)47-39/h3-4,6-9,11-12,22-24,26,29-30,54-55H,5,10,13-21,25H2,1-2H3,(H,50,58)(H4,45,46,47,48,56). The number of carbonyl (C=O) groups excluding carboxylic acids is 1. The van der Waals surface area contributed by atoms with Crippen molar-refractivity contribution >= 4 is 22.9 Å². The summed E-state index contributed by atoms with van der Waals surface area (Å²) in [5.41, 5.74) is 11.6. The molecule has 14 heteroatoms. The summed E-state index contributed by atoms with van der Waals surface area (Å²) in [6.45, 7) is 8.67. The molecule has 2 saturated heterocycles. The van der Waals surface area contributed by atoms with E-state index in [4.69, 9.17) is 5.73 Å². The first kappa shape index (κ1) is 38.7. The number of carbonyl (C=O) groups is 1. The molecule has 302 valence electrons. The highest BCUT2D eigenvalue weighted by atomic mass is 16.3. The second kappa shape index (κ2) is 16.4. The number of nitrogens with one attached hydrogen (secondary N) is 2. The molecule has 8 rings (SSSR count). The molecule has 2 aliphatic heterocycles. The van der Waals surface area contributed by atoms with Crippen LogP contribution in [0.5, 0.6) is 17.5 Å². The highest BCUT2D eigenvalue weighted by molar-refractivity contribution is 5.94. The van der Waals surface area contributed by atoms with E-state index in [1.807, 2.05) is 61.3 Å². The Morgan fingerprint density at radius 3 is 2.26 bits per heavy atom. The van der Waals surface area contributed by atoms with Crippen LogP contribution in [0.25, 0.3) is 28.1 Å². The molecular weight excluding hydrogens is 735 g/mol.